The Hall–Kier alpha value is -3.55. The summed E-state index contributed by atoms with van der Waals surface area (Å²) >= 11 is 12.1. The monoisotopic (exact) mass is 629 g/mol. The number of amides is 2. The average Bonchev–Trinajstić information content (AvgIpc) is 2.92. The maximum absolute atomic E-state index is 13.3. The number of aromatic nitrogens is 1. The lowest BCUT2D eigenvalue weighted by Crippen LogP contribution is -2.48. The van der Waals surface area contributed by atoms with Gasteiger partial charge in [-0.15, -0.1) is 0 Å². The number of rotatable bonds is 7. The van der Waals surface area contributed by atoms with Crippen LogP contribution in [0.25, 0.3) is 0 Å². The van der Waals surface area contributed by atoms with Gasteiger partial charge in [0.1, 0.15) is 4.90 Å². The summed E-state index contributed by atoms with van der Waals surface area (Å²) in [6.45, 7) is 3.06. The Morgan fingerprint density at radius 3 is 2.29 bits per heavy atom. The maximum Gasteiger partial charge on any atom is 0.417 e. The molecule has 2 heterocycles. The third-order valence-corrected chi connectivity index (χ3v) is 8.56. The van der Waals surface area contributed by atoms with E-state index < -0.39 is 27.7 Å². The van der Waals surface area contributed by atoms with E-state index in [2.05, 4.69) is 15.0 Å². The number of sulfonamides is 1. The molecule has 2 N–H and O–H groups in total. The van der Waals surface area contributed by atoms with Gasteiger partial charge in [-0.05, 0) is 36.4 Å². The molecule has 1 aromatic heterocycles. The van der Waals surface area contributed by atoms with Crippen LogP contribution in [0.15, 0.2) is 59.6 Å². The van der Waals surface area contributed by atoms with Crippen LogP contribution >= 0.6 is 23.2 Å². The summed E-state index contributed by atoms with van der Waals surface area (Å²) in [6.07, 6.45) is -4.03. The van der Waals surface area contributed by atoms with Gasteiger partial charge < -0.3 is 15.1 Å². The number of benzene rings is 2. The van der Waals surface area contributed by atoms with Crippen LogP contribution in [0.4, 0.5) is 24.5 Å². The van der Waals surface area contributed by atoms with Crippen LogP contribution in [0.3, 0.4) is 0 Å². The summed E-state index contributed by atoms with van der Waals surface area (Å²) in [4.78, 5) is 32.2. The SMILES string of the molecule is CC(=O)N1CCN(c2ccc(NS(=O)(=O)c3ccccc3Cl)c(C(=O)NCc3ncc(C(F)(F)F)cc3Cl)c2)CC1. The number of pyridine rings is 1. The van der Waals surface area contributed by atoms with Gasteiger partial charge >= 0.3 is 6.18 Å². The Labute approximate surface area is 244 Å². The molecule has 15 heteroatoms. The van der Waals surface area contributed by atoms with Crippen LogP contribution in [0.2, 0.25) is 10.0 Å². The highest BCUT2D eigenvalue weighted by molar-refractivity contribution is 7.92. The minimum absolute atomic E-state index is 0.0114. The van der Waals surface area contributed by atoms with Crippen molar-refractivity contribution in [1.29, 1.82) is 0 Å². The number of alkyl halides is 3. The van der Waals surface area contributed by atoms with Crippen molar-refractivity contribution in [3.8, 4) is 0 Å². The summed E-state index contributed by atoms with van der Waals surface area (Å²) in [5, 5.41) is 2.23. The molecular formula is C26H24Cl2F3N5O4S. The normalized spacial score (nSPS) is 14.1. The second-order valence-corrected chi connectivity index (χ2v) is 11.6. The highest BCUT2D eigenvalue weighted by Gasteiger charge is 2.31. The molecule has 3 aromatic rings. The number of hydrogen-bond donors (Lipinski definition) is 2. The maximum atomic E-state index is 13.3. The van der Waals surface area contributed by atoms with Crippen LogP contribution in [-0.2, 0) is 27.5 Å². The van der Waals surface area contributed by atoms with Crippen molar-refractivity contribution in [2.24, 2.45) is 0 Å². The second kappa shape index (κ2) is 12.1. The van der Waals surface area contributed by atoms with Crippen LogP contribution in [0.5, 0.6) is 0 Å². The molecule has 0 aliphatic carbocycles. The summed E-state index contributed by atoms with van der Waals surface area (Å²) < 4.78 is 67.5. The molecule has 0 atom stereocenters. The number of carbonyl (C=O) groups excluding carboxylic acids is 2. The van der Waals surface area contributed by atoms with Gasteiger partial charge in [-0.3, -0.25) is 19.3 Å². The Balaban J connectivity index is 1.62. The molecule has 1 aliphatic heterocycles. The van der Waals surface area contributed by atoms with E-state index in [1.165, 1.54) is 37.3 Å². The fourth-order valence-corrected chi connectivity index (χ4v) is 5.99. The number of halogens is 5. The zero-order chi connectivity index (χ0) is 29.9. The molecule has 4 rings (SSSR count). The third-order valence-electron chi connectivity index (χ3n) is 6.37. The minimum Gasteiger partial charge on any atom is -0.368 e. The van der Waals surface area contributed by atoms with Crippen molar-refractivity contribution >= 4 is 56.4 Å². The van der Waals surface area contributed by atoms with Crippen molar-refractivity contribution in [3.05, 3.63) is 81.6 Å². The Morgan fingerprint density at radius 1 is 1.00 bits per heavy atom. The van der Waals surface area contributed by atoms with E-state index in [4.69, 9.17) is 23.2 Å². The van der Waals surface area contributed by atoms with E-state index in [-0.39, 0.29) is 44.3 Å². The Kier molecular flexibility index (Phi) is 9.00. The van der Waals surface area contributed by atoms with E-state index in [0.29, 0.717) is 44.1 Å². The first-order chi connectivity index (χ1) is 19.3. The smallest absolute Gasteiger partial charge is 0.368 e. The van der Waals surface area contributed by atoms with E-state index >= 15 is 0 Å². The first-order valence-corrected chi connectivity index (χ1v) is 14.4. The fourth-order valence-electron chi connectivity index (χ4n) is 4.16. The van der Waals surface area contributed by atoms with Crippen molar-refractivity contribution in [1.82, 2.24) is 15.2 Å². The Bertz CT molecular complexity index is 1580. The van der Waals surface area contributed by atoms with Gasteiger partial charge in [0.25, 0.3) is 15.9 Å². The van der Waals surface area contributed by atoms with Crippen LogP contribution in [-0.4, -0.2) is 56.3 Å². The topological polar surface area (TPSA) is 112 Å². The van der Waals surface area contributed by atoms with Crippen molar-refractivity contribution in [2.75, 3.05) is 35.8 Å². The van der Waals surface area contributed by atoms with E-state index in [9.17, 15) is 31.2 Å². The van der Waals surface area contributed by atoms with Gasteiger partial charge in [0.15, 0.2) is 0 Å². The van der Waals surface area contributed by atoms with E-state index in [1.54, 1.807) is 17.0 Å². The van der Waals surface area contributed by atoms with E-state index in [0.717, 1.165) is 0 Å². The van der Waals surface area contributed by atoms with Gasteiger partial charge in [-0.1, -0.05) is 35.3 Å². The van der Waals surface area contributed by atoms with Crippen molar-refractivity contribution in [3.63, 3.8) is 0 Å². The lowest BCUT2D eigenvalue weighted by atomic mass is 10.1. The quantitative estimate of drug-likeness (QED) is 0.388. The Morgan fingerprint density at radius 2 is 1.68 bits per heavy atom. The molecule has 2 aromatic carbocycles. The number of nitrogens with one attached hydrogen (secondary N) is 2. The molecule has 0 radical (unpaired) electrons. The average molecular weight is 630 g/mol. The second-order valence-electron chi connectivity index (χ2n) is 9.09. The highest BCUT2D eigenvalue weighted by atomic mass is 35.5. The number of carbonyl (C=O) groups is 2. The third kappa shape index (κ3) is 7.21. The lowest BCUT2D eigenvalue weighted by Gasteiger charge is -2.36. The predicted molar refractivity (Wildman–Crippen MR) is 149 cm³/mol. The molecule has 9 nitrogen and oxygen atoms in total. The summed E-state index contributed by atoms with van der Waals surface area (Å²) in [7, 11) is -4.21. The molecule has 0 saturated carbocycles. The molecular weight excluding hydrogens is 606 g/mol. The van der Waals surface area contributed by atoms with Gasteiger partial charge in [0.2, 0.25) is 5.91 Å². The fraction of sp³-hybridized carbons (Fsp3) is 0.269. The summed E-state index contributed by atoms with van der Waals surface area (Å²) in [6, 6.07) is 11.1. The summed E-state index contributed by atoms with van der Waals surface area (Å²) in [5.74, 6) is -0.784. The minimum atomic E-state index is -4.64. The molecule has 1 fully saturated rings. The lowest BCUT2D eigenvalue weighted by molar-refractivity contribution is -0.137. The number of anilines is 2. The molecule has 0 spiro atoms. The molecule has 1 aliphatic rings. The molecule has 2 amide bonds. The number of nitrogens with zero attached hydrogens (tertiary/aromatic N) is 3. The predicted octanol–water partition coefficient (Wildman–Crippen LogP) is 4.81. The standard InChI is InChI=1S/C26H24Cl2F3N5O4S/c1-16(37)35-8-10-36(11-9-35)18-6-7-22(34-41(39,40)24-5-3-2-4-20(24)27)19(13-18)25(38)33-15-23-21(28)12-17(14-32-23)26(29,30)31/h2-7,12-14,34H,8-11,15H2,1H3,(H,33,38). The molecule has 0 bridgehead atoms. The van der Waals surface area contributed by atoms with Gasteiger partial charge in [0.05, 0.1) is 39.1 Å². The van der Waals surface area contributed by atoms with Crippen LogP contribution in [0.1, 0.15) is 28.5 Å². The largest absolute Gasteiger partial charge is 0.417 e. The van der Waals surface area contributed by atoms with Crippen molar-refractivity contribution in [2.45, 2.75) is 24.5 Å². The van der Waals surface area contributed by atoms with Crippen LogP contribution in [0, 0.1) is 0 Å². The number of piperazine rings is 1. The van der Waals surface area contributed by atoms with Gasteiger partial charge in [-0.2, -0.15) is 13.2 Å². The number of hydrogen-bond acceptors (Lipinski definition) is 6. The zero-order valence-electron chi connectivity index (χ0n) is 21.5. The highest BCUT2D eigenvalue weighted by Crippen LogP contribution is 2.32. The van der Waals surface area contributed by atoms with E-state index in [1.807, 2.05) is 4.90 Å². The van der Waals surface area contributed by atoms with Crippen LogP contribution < -0.4 is 14.9 Å². The zero-order valence-corrected chi connectivity index (χ0v) is 23.8. The molecule has 41 heavy (non-hydrogen) atoms. The molecule has 0 unspecified atom stereocenters. The first-order valence-electron chi connectivity index (χ1n) is 12.2. The molecule has 1 saturated heterocycles. The van der Waals surface area contributed by atoms with Gasteiger partial charge in [-0.25, -0.2) is 8.42 Å². The first kappa shape index (κ1) is 30.4. The molecule has 218 valence electrons. The van der Waals surface area contributed by atoms with Gasteiger partial charge in [0, 0.05) is 45.0 Å². The summed E-state index contributed by atoms with van der Waals surface area (Å²) in [5.41, 5.74) is -0.561. The van der Waals surface area contributed by atoms with Crippen molar-refractivity contribution < 1.29 is 31.2 Å².